The maximum absolute atomic E-state index is 2.38. The third kappa shape index (κ3) is 5.62. The standard InChI is InChI=1S/C52H36N2/c1-4-13-37(14-5-1)38-25-29-44(30-26-38)53(46-33-34-52-50(36-46)48-20-10-11-22-51(48)54(52)43-18-8-3-9-19-43)45-31-27-39(28-32-45)42-24-23-41-17-12-21-47(49(41)35-42)40-15-6-2-7-16-40/h1-36H. The van der Waals surface area contributed by atoms with Gasteiger partial charge in [0.25, 0.3) is 0 Å². The van der Waals surface area contributed by atoms with Crippen LogP contribution < -0.4 is 4.90 Å². The van der Waals surface area contributed by atoms with Gasteiger partial charge in [-0.3, -0.25) is 0 Å². The van der Waals surface area contributed by atoms with Gasteiger partial charge in [-0.1, -0.05) is 152 Å². The van der Waals surface area contributed by atoms with E-state index in [1.165, 1.54) is 66.0 Å². The molecule has 54 heavy (non-hydrogen) atoms. The molecule has 9 aromatic carbocycles. The van der Waals surface area contributed by atoms with Crippen molar-refractivity contribution < 1.29 is 0 Å². The quantitative estimate of drug-likeness (QED) is 0.162. The van der Waals surface area contributed by atoms with Crippen LogP contribution in [0.4, 0.5) is 17.1 Å². The van der Waals surface area contributed by atoms with Gasteiger partial charge in [0.2, 0.25) is 0 Å². The Balaban J connectivity index is 1.09. The van der Waals surface area contributed by atoms with Crippen molar-refractivity contribution in [2.24, 2.45) is 0 Å². The molecule has 1 aromatic heterocycles. The van der Waals surface area contributed by atoms with Crippen molar-refractivity contribution in [3.05, 3.63) is 218 Å². The fraction of sp³-hybridized carbons (Fsp3) is 0. The molecule has 0 aliphatic heterocycles. The summed E-state index contributed by atoms with van der Waals surface area (Å²) in [6.07, 6.45) is 0. The first-order valence-corrected chi connectivity index (χ1v) is 18.5. The molecule has 0 fully saturated rings. The Morgan fingerprint density at radius 3 is 1.54 bits per heavy atom. The lowest BCUT2D eigenvalue weighted by Gasteiger charge is -2.26. The fourth-order valence-corrected chi connectivity index (χ4v) is 7.96. The lowest BCUT2D eigenvalue weighted by atomic mass is 9.95. The van der Waals surface area contributed by atoms with Gasteiger partial charge >= 0.3 is 0 Å². The first-order chi connectivity index (χ1) is 26.8. The van der Waals surface area contributed by atoms with Crippen LogP contribution in [0.3, 0.4) is 0 Å². The van der Waals surface area contributed by atoms with Crippen LogP contribution in [0.25, 0.3) is 71.6 Å². The van der Waals surface area contributed by atoms with E-state index in [4.69, 9.17) is 0 Å². The summed E-state index contributed by atoms with van der Waals surface area (Å²) in [6.45, 7) is 0. The number of nitrogens with zero attached hydrogens (tertiary/aromatic N) is 2. The topological polar surface area (TPSA) is 8.17 Å². The van der Waals surface area contributed by atoms with Crippen LogP contribution in [-0.4, -0.2) is 4.57 Å². The van der Waals surface area contributed by atoms with E-state index in [-0.39, 0.29) is 0 Å². The molecule has 0 bridgehead atoms. The number of para-hydroxylation sites is 2. The minimum Gasteiger partial charge on any atom is -0.310 e. The lowest BCUT2D eigenvalue weighted by Crippen LogP contribution is -2.10. The van der Waals surface area contributed by atoms with Gasteiger partial charge in [-0.15, -0.1) is 0 Å². The monoisotopic (exact) mass is 688 g/mol. The molecule has 0 spiro atoms. The molecule has 0 amide bonds. The number of rotatable bonds is 7. The van der Waals surface area contributed by atoms with E-state index in [0.29, 0.717) is 0 Å². The second-order valence-electron chi connectivity index (χ2n) is 13.8. The Kier molecular flexibility index (Phi) is 7.85. The number of aromatic nitrogens is 1. The van der Waals surface area contributed by atoms with Crippen LogP contribution >= 0.6 is 0 Å². The highest BCUT2D eigenvalue weighted by atomic mass is 15.1. The van der Waals surface area contributed by atoms with Crippen molar-refractivity contribution in [2.45, 2.75) is 0 Å². The van der Waals surface area contributed by atoms with Gasteiger partial charge < -0.3 is 9.47 Å². The second-order valence-corrected chi connectivity index (χ2v) is 13.8. The van der Waals surface area contributed by atoms with Crippen molar-refractivity contribution in [1.29, 1.82) is 0 Å². The minimum atomic E-state index is 1.10. The summed E-state index contributed by atoms with van der Waals surface area (Å²) in [5.74, 6) is 0. The van der Waals surface area contributed by atoms with Crippen molar-refractivity contribution in [1.82, 2.24) is 4.57 Å². The average Bonchev–Trinajstić information content (AvgIpc) is 3.58. The summed E-state index contributed by atoms with van der Waals surface area (Å²) in [5.41, 5.74) is 14.1. The fourth-order valence-electron chi connectivity index (χ4n) is 7.96. The van der Waals surface area contributed by atoms with Gasteiger partial charge in [-0.05, 0) is 111 Å². The summed E-state index contributed by atoms with van der Waals surface area (Å²) in [4.78, 5) is 2.38. The summed E-state index contributed by atoms with van der Waals surface area (Å²) < 4.78 is 2.37. The first-order valence-electron chi connectivity index (χ1n) is 18.5. The average molecular weight is 689 g/mol. The number of anilines is 3. The smallest absolute Gasteiger partial charge is 0.0542 e. The van der Waals surface area contributed by atoms with E-state index in [1.807, 2.05) is 0 Å². The first kappa shape index (κ1) is 31.6. The van der Waals surface area contributed by atoms with E-state index in [9.17, 15) is 0 Å². The third-order valence-electron chi connectivity index (χ3n) is 10.6. The Labute approximate surface area is 315 Å². The van der Waals surface area contributed by atoms with Gasteiger partial charge in [0.1, 0.15) is 0 Å². The second kappa shape index (κ2) is 13.4. The molecular weight excluding hydrogens is 653 g/mol. The molecule has 0 atom stereocenters. The predicted octanol–water partition coefficient (Wildman–Crippen LogP) is 14.4. The van der Waals surface area contributed by atoms with Crippen LogP contribution in [0.2, 0.25) is 0 Å². The molecule has 0 N–H and O–H groups in total. The molecule has 2 heteroatoms. The van der Waals surface area contributed by atoms with Crippen molar-refractivity contribution in [3.8, 4) is 39.1 Å². The summed E-state index contributed by atoms with van der Waals surface area (Å²) in [5, 5.41) is 4.96. The van der Waals surface area contributed by atoms with Crippen LogP contribution in [0, 0.1) is 0 Å². The van der Waals surface area contributed by atoms with E-state index < -0.39 is 0 Å². The molecule has 254 valence electrons. The van der Waals surface area contributed by atoms with E-state index >= 15 is 0 Å². The molecule has 0 saturated heterocycles. The molecule has 2 nitrogen and oxygen atoms in total. The van der Waals surface area contributed by atoms with Crippen LogP contribution in [-0.2, 0) is 0 Å². The Morgan fingerprint density at radius 1 is 0.296 bits per heavy atom. The molecule has 0 saturated carbocycles. The number of hydrogen-bond donors (Lipinski definition) is 0. The summed E-state index contributed by atoms with van der Waals surface area (Å²) in [6, 6.07) is 78.8. The van der Waals surface area contributed by atoms with Gasteiger partial charge in [0.05, 0.1) is 11.0 Å². The van der Waals surface area contributed by atoms with Crippen molar-refractivity contribution in [3.63, 3.8) is 0 Å². The molecule has 10 rings (SSSR count). The Hall–Kier alpha value is -7.16. The number of benzene rings is 9. The zero-order chi connectivity index (χ0) is 35.8. The maximum atomic E-state index is 2.38. The van der Waals surface area contributed by atoms with Gasteiger partial charge in [-0.25, -0.2) is 0 Å². The van der Waals surface area contributed by atoms with Gasteiger partial charge in [-0.2, -0.15) is 0 Å². The van der Waals surface area contributed by atoms with Crippen LogP contribution in [0.1, 0.15) is 0 Å². The zero-order valence-electron chi connectivity index (χ0n) is 29.7. The minimum absolute atomic E-state index is 1.10. The molecule has 0 radical (unpaired) electrons. The van der Waals surface area contributed by atoms with E-state index in [0.717, 1.165) is 22.7 Å². The molecule has 0 aliphatic carbocycles. The normalized spacial score (nSPS) is 11.3. The predicted molar refractivity (Wildman–Crippen MR) is 229 cm³/mol. The molecule has 1 heterocycles. The zero-order valence-corrected chi connectivity index (χ0v) is 29.7. The van der Waals surface area contributed by atoms with Gasteiger partial charge in [0.15, 0.2) is 0 Å². The lowest BCUT2D eigenvalue weighted by molar-refractivity contribution is 1.18. The molecule has 0 aliphatic rings. The van der Waals surface area contributed by atoms with E-state index in [2.05, 4.69) is 228 Å². The molecule has 10 aromatic rings. The van der Waals surface area contributed by atoms with Crippen LogP contribution in [0.5, 0.6) is 0 Å². The number of hydrogen-bond acceptors (Lipinski definition) is 1. The highest BCUT2D eigenvalue weighted by molar-refractivity contribution is 6.10. The highest BCUT2D eigenvalue weighted by Crippen LogP contribution is 2.41. The molecular formula is C52H36N2. The SMILES string of the molecule is c1ccc(-c2ccc(N(c3ccc(-c4ccc5cccc(-c6ccccc6)c5c4)cc3)c3ccc4c(c3)c3ccccc3n4-c3ccccc3)cc2)cc1. The summed E-state index contributed by atoms with van der Waals surface area (Å²) >= 11 is 0. The number of fused-ring (bicyclic) bond motifs is 4. The van der Waals surface area contributed by atoms with Gasteiger partial charge in [0, 0.05) is 33.5 Å². The Morgan fingerprint density at radius 2 is 0.833 bits per heavy atom. The van der Waals surface area contributed by atoms with Crippen molar-refractivity contribution >= 4 is 49.6 Å². The summed E-state index contributed by atoms with van der Waals surface area (Å²) in [7, 11) is 0. The van der Waals surface area contributed by atoms with E-state index in [1.54, 1.807) is 0 Å². The maximum Gasteiger partial charge on any atom is 0.0542 e. The largest absolute Gasteiger partial charge is 0.310 e. The Bertz CT molecular complexity index is 2890. The van der Waals surface area contributed by atoms with Crippen LogP contribution in [0.15, 0.2) is 218 Å². The highest BCUT2D eigenvalue weighted by Gasteiger charge is 2.18. The third-order valence-corrected chi connectivity index (χ3v) is 10.6. The molecule has 0 unspecified atom stereocenters. The van der Waals surface area contributed by atoms with Crippen molar-refractivity contribution in [2.75, 3.05) is 4.90 Å².